The fourth-order valence-electron chi connectivity index (χ4n) is 1.65. The Kier molecular flexibility index (Phi) is 4.20. The van der Waals surface area contributed by atoms with Crippen molar-refractivity contribution in [2.45, 2.75) is 13.0 Å². The van der Waals surface area contributed by atoms with Crippen molar-refractivity contribution >= 4 is 46.3 Å². The van der Waals surface area contributed by atoms with E-state index in [4.69, 9.17) is 12.2 Å². The number of nitrogens with zero attached hydrogens (tertiary/aromatic N) is 1. The molecule has 0 aromatic heterocycles. The molecule has 1 saturated heterocycles. The summed E-state index contributed by atoms with van der Waals surface area (Å²) in [6.45, 7) is 1.31. The Bertz CT molecular complexity index is 630. The molecule has 7 heteroatoms. The van der Waals surface area contributed by atoms with Gasteiger partial charge < -0.3 is 9.90 Å². The predicted octanol–water partition coefficient (Wildman–Crippen LogP) is 1.17. The zero-order valence-corrected chi connectivity index (χ0v) is 12.0. The summed E-state index contributed by atoms with van der Waals surface area (Å²) >= 11 is 5.92. The van der Waals surface area contributed by atoms with E-state index in [9.17, 15) is 19.1 Å². The Balaban J connectivity index is 2.33. The first kappa shape index (κ1) is 14.7. The lowest BCUT2D eigenvalue weighted by Crippen LogP contribution is -2.48. The SMILES string of the molecule is C[C@@H](C(=O)[O-])N1C(=O)C(=Cc2ccccc2F)SC1=S. The van der Waals surface area contributed by atoms with E-state index < -0.39 is 23.7 Å². The average molecular weight is 310 g/mol. The van der Waals surface area contributed by atoms with E-state index in [1.807, 2.05) is 0 Å². The third-order valence-corrected chi connectivity index (χ3v) is 4.07. The molecule has 1 heterocycles. The molecule has 0 unspecified atom stereocenters. The van der Waals surface area contributed by atoms with Gasteiger partial charge in [-0.15, -0.1) is 0 Å². The second kappa shape index (κ2) is 5.72. The first-order valence-electron chi connectivity index (χ1n) is 5.64. The fraction of sp³-hybridized carbons (Fsp3) is 0.154. The molecule has 1 fully saturated rings. The third kappa shape index (κ3) is 2.73. The number of carbonyl (C=O) groups excluding carboxylic acids is 2. The molecule has 1 aliphatic rings. The van der Waals surface area contributed by atoms with E-state index in [1.165, 1.54) is 31.2 Å². The van der Waals surface area contributed by atoms with E-state index in [-0.39, 0.29) is 14.8 Å². The van der Waals surface area contributed by atoms with Crippen molar-refractivity contribution in [2.75, 3.05) is 0 Å². The number of amides is 1. The van der Waals surface area contributed by atoms with Crippen LogP contribution in [0.5, 0.6) is 0 Å². The van der Waals surface area contributed by atoms with E-state index >= 15 is 0 Å². The van der Waals surface area contributed by atoms with Crippen molar-refractivity contribution in [2.24, 2.45) is 0 Å². The average Bonchev–Trinajstić information content (AvgIpc) is 2.66. The predicted molar refractivity (Wildman–Crippen MR) is 75.9 cm³/mol. The number of thioether (sulfide) groups is 1. The van der Waals surface area contributed by atoms with Crippen LogP contribution in [0.2, 0.25) is 0 Å². The van der Waals surface area contributed by atoms with Gasteiger partial charge in [-0.25, -0.2) is 4.39 Å². The van der Waals surface area contributed by atoms with Gasteiger partial charge in [-0.05, 0) is 19.1 Å². The fourth-order valence-corrected chi connectivity index (χ4v) is 3.06. The lowest BCUT2D eigenvalue weighted by molar-refractivity contribution is -0.309. The molecule has 1 amide bonds. The Morgan fingerprint density at radius 1 is 1.50 bits per heavy atom. The van der Waals surface area contributed by atoms with Crippen LogP contribution < -0.4 is 5.11 Å². The highest BCUT2D eigenvalue weighted by Crippen LogP contribution is 2.34. The molecule has 0 bridgehead atoms. The summed E-state index contributed by atoms with van der Waals surface area (Å²) in [5.41, 5.74) is 0.245. The van der Waals surface area contributed by atoms with E-state index in [1.54, 1.807) is 6.07 Å². The lowest BCUT2D eigenvalue weighted by Gasteiger charge is -2.23. The van der Waals surface area contributed by atoms with Crippen LogP contribution in [-0.4, -0.2) is 27.1 Å². The van der Waals surface area contributed by atoms with Crippen molar-refractivity contribution in [3.8, 4) is 0 Å². The van der Waals surface area contributed by atoms with Crippen LogP contribution in [-0.2, 0) is 9.59 Å². The number of benzene rings is 1. The highest BCUT2D eigenvalue weighted by Gasteiger charge is 2.35. The first-order valence-corrected chi connectivity index (χ1v) is 6.86. The van der Waals surface area contributed by atoms with Gasteiger partial charge in [0, 0.05) is 5.56 Å². The molecule has 1 aromatic rings. The minimum atomic E-state index is -1.39. The first-order chi connectivity index (χ1) is 9.41. The second-order valence-corrected chi connectivity index (χ2v) is 5.74. The Morgan fingerprint density at radius 3 is 2.75 bits per heavy atom. The highest BCUT2D eigenvalue weighted by atomic mass is 32.2. The van der Waals surface area contributed by atoms with Crippen LogP contribution in [0.1, 0.15) is 12.5 Å². The number of carboxylic acid groups (broad SMARTS) is 1. The van der Waals surface area contributed by atoms with E-state index in [0.717, 1.165) is 16.7 Å². The topological polar surface area (TPSA) is 60.4 Å². The van der Waals surface area contributed by atoms with Crippen LogP contribution in [0.25, 0.3) is 6.08 Å². The molecular formula is C13H9FNO3S2-. The van der Waals surface area contributed by atoms with Crippen LogP contribution in [0.4, 0.5) is 4.39 Å². The van der Waals surface area contributed by atoms with Crippen molar-refractivity contribution in [3.05, 3.63) is 40.6 Å². The van der Waals surface area contributed by atoms with E-state index in [2.05, 4.69) is 0 Å². The minimum Gasteiger partial charge on any atom is -0.548 e. The number of aliphatic carboxylic acids is 1. The molecule has 0 radical (unpaired) electrons. The van der Waals surface area contributed by atoms with Crippen LogP contribution in [0, 0.1) is 5.82 Å². The monoisotopic (exact) mass is 310 g/mol. The van der Waals surface area contributed by atoms with Gasteiger partial charge in [0.1, 0.15) is 10.1 Å². The summed E-state index contributed by atoms with van der Waals surface area (Å²) in [7, 11) is 0. The molecule has 1 atom stereocenters. The quantitative estimate of drug-likeness (QED) is 0.619. The van der Waals surface area contributed by atoms with Gasteiger partial charge in [-0.3, -0.25) is 9.69 Å². The van der Waals surface area contributed by atoms with Gasteiger partial charge in [-0.1, -0.05) is 42.2 Å². The summed E-state index contributed by atoms with van der Waals surface area (Å²) in [4.78, 5) is 24.1. The molecule has 20 heavy (non-hydrogen) atoms. The van der Waals surface area contributed by atoms with Crippen LogP contribution in [0.15, 0.2) is 29.2 Å². The maximum Gasteiger partial charge on any atom is 0.266 e. The normalized spacial score (nSPS) is 18.7. The van der Waals surface area contributed by atoms with Crippen molar-refractivity contribution in [1.29, 1.82) is 0 Å². The number of rotatable bonds is 3. The number of carboxylic acids is 1. The number of halogens is 1. The van der Waals surface area contributed by atoms with Gasteiger partial charge in [0.15, 0.2) is 0 Å². The van der Waals surface area contributed by atoms with Gasteiger partial charge in [0.25, 0.3) is 5.91 Å². The Morgan fingerprint density at radius 2 is 2.15 bits per heavy atom. The van der Waals surface area contributed by atoms with Crippen molar-refractivity contribution in [3.63, 3.8) is 0 Å². The molecule has 0 saturated carbocycles. The zero-order chi connectivity index (χ0) is 14.9. The van der Waals surface area contributed by atoms with Crippen LogP contribution >= 0.6 is 24.0 Å². The third-order valence-electron chi connectivity index (χ3n) is 2.74. The number of hydrogen-bond acceptors (Lipinski definition) is 5. The molecule has 0 N–H and O–H groups in total. The molecule has 1 aromatic carbocycles. The van der Waals surface area contributed by atoms with Gasteiger partial charge in [0.05, 0.1) is 16.9 Å². The maximum absolute atomic E-state index is 13.5. The highest BCUT2D eigenvalue weighted by molar-refractivity contribution is 8.26. The lowest BCUT2D eigenvalue weighted by atomic mass is 10.2. The molecule has 0 aliphatic carbocycles. The van der Waals surface area contributed by atoms with Crippen molar-refractivity contribution in [1.82, 2.24) is 4.90 Å². The van der Waals surface area contributed by atoms with Crippen LogP contribution in [0.3, 0.4) is 0 Å². The van der Waals surface area contributed by atoms with Crippen molar-refractivity contribution < 1.29 is 19.1 Å². The largest absolute Gasteiger partial charge is 0.548 e. The summed E-state index contributed by atoms with van der Waals surface area (Å²) in [6.07, 6.45) is 1.36. The maximum atomic E-state index is 13.5. The molecule has 2 rings (SSSR count). The second-order valence-electron chi connectivity index (χ2n) is 4.07. The molecule has 4 nitrogen and oxygen atoms in total. The van der Waals surface area contributed by atoms with Gasteiger partial charge in [0.2, 0.25) is 0 Å². The smallest absolute Gasteiger partial charge is 0.266 e. The van der Waals surface area contributed by atoms with E-state index in [0.29, 0.717) is 0 Å². The zero-order valence-electron chi connectivity index (χ0n) is 10.3. The Hall–Kier alpha value is -1.73. The van der Waals surface area contributed by atoms with Gasteiger partial charge in [-0.2, -0.15) is 0 Å². The summed E-state index contributed by atoms with van der Waals surface area (Å²) in [6, 6.07) is 4.81. The molecule has 1 aliphatic heterocycles. The molecular weight excluding hydrogens is 301 g/mol. The molecule has 0 spiro atoms. The standard InChI is InChI=1S/C13H10FNO3S2/c1-7(12(17)18)15-11(16)10(20-13(15)19)6-8-4-2-3-5-9(8)14/h2-7H,1H3,(H,17,18)/p-1/t7-/m0/s1. The summed E-state index contributed by atoms with van der Waals surface area (Å²) in [5.74, 6) is -2.42. The number of thiocarbonyl (C=S) groups is 1. The van der Waals surface area contributed by atoms with Gasteiger partial charge >= 0.3 is 0 Å². The Labute approximate surface area is 124 Å². The summed E-state index contributed by atoms with van der Waals surface area (Å²) < 4.78 is 13.7. The molecule has 104 valence electrons. The minimum absolute atomic E-state index is 0.120. The number of hydrogen-bond donors (Lipinski definition) is 0. The summed E-state index contributed by atoms with van der Waals surface area (Å²) in [5, 5.41) is 10.8. The number of carbonyl (C=O) groups is 2.